The van der Waals surface area contributed by atoms with Crippen LogP contribution in [0.2, 0.25) is 0 Å². The quantitative estimate of drug-likeness (QED) is 0.539. The van der Waals surface area contributed by atoms with Crippen LogP contribution in [0.3, 0.4) is 0 Å². The SMILES string of the molecule is CC(Sc1nnc(NCCc2cccs2)s1)C(=O)N1CC(=O)Nc2ccccc21. The van der Waals surface area contributed by atoms with Gasteiger partial charge in [-0.3, -0.25) is 14.5 Å². The molecule has 2 N–H and O–H groups in total. The van der Waals surface area contributed by atoms with Crippen LogP contribution in [0.1, 0.15) is 11.8 Å². The third-order valence-electron chi connectivity index (χ3n) is 4.30. The van der Waals surface area contributed by atoms with Gasteiger partial charge in [-0.05, 0) is 36.9 Å². The molecule has 0 spiro atoms. The standard InChI is InChI=1S/C19H19N5O2S3/c1-12(17(26)24-11-16(25)21-14-6-2-3-7-15(14)24)28-19-23-22-18(29-19)20-9-8-13-5-4-10-27-13/h2-7,10,12H,8-9,11H2,1H3,(H,20,22)(H,21,25). The Balaban J connectivity index is 1.36. The fraction of sp³-hybridized carbons (Fsp3) is 0.263. The van der Waals surface area contributed by atoms with Crippen molar-refractivity contribution in [2.45, 2.75) is 22.9 Å². The molecule has 0 fully saturated rings. The second kappa shape index (κ2) is 8.93. The second-order valence-corrected chi connectivity index (χ2v) is 9.98. The van der Waals surface area contributed by atoms with Crippen LogP contribution in [0.5, 0.6) is 0 Å². The topological polar surface area (TPSA) is 87.2 Å². The van der Waals surface area contributed by atoms with Gasteiger partial charge in [-0.2, -0.15) is 0 Å². The van der Waals surface area contributed by atoms with Crippen LogP contribution in [0.15, 0.2) is 46.1 Å². The average Bonchev–Trinajstić information content (AvgIpc) is 3.39. The molecule has 0 radical (unpaired) electrons. The summed E-state index contributed by atoms with van der Waals surface area (Å²) < 4.78 is 0.721. The molecule has 150 valence electrons. The Morgan fingerprint density at radius 2 is 2.17 bits per heavy atom. The lowest BCUT2D eigenvalue weighted by atomic mass is 10.2. The fourth-order valence-corrected chi connectivity index (χ4v) is 5.62. The zero-order valence-electron chi connectivity index (χ0n) is 15.6. The summed E-state index contributed by atoms with van der Waals surface area (Å²) in [4.78, 5) is 27.8. The minimum absolute atomic E-state index is 0.0202. The monoisotopic (exact) mass is 445 g/mol. The predicted octanol–water partition coefficient (Wildman–Crippen LogP) is 3.72. The number of anilines is 3. The molecule has 29 heavy (non-hydrogen) atoms. The van der Waals surface area contributed by atoms with Crippen LogP contribution in [0.4, 0.5) is 16.5 Å². The van der Waals surface area contributed by atoms with E-state index in [1.54, 1.807) is 17.4 Å². The molecule has 10 heteroatoms. The van der Waals surface area contributed by atoms with Crippen LogP contribution in [-0.2, 0) is 16.0 Å². The van der Waals surface area contributed by atoms with Crippen molar-refractivity contribution in [2.24, 2.45) is 0 Å². The first kappa shape index (κ1) is 19.9. The van der Waals surface area contributed by atoms with Crippen LogP contribution in [0.25, 0.3) is 0 Å². The second-order valence-electron chi connectivity index (χ2n) is 6.38. The Morgan fingerprint density at radius 1 is 1.31 bits per heavy atom. The number of hydrogen-bond donors (Lipinski definition) is 2. The molecular weight excluding hydrogens is 426 g/mol. The zero-order chi connectivity index (χ0) is 20.2. The number of fused-ring (bicyclic) bond motifs is 1. The lowest BCUT2D eigenvalue weighted by Gasteiger charge is -2.30. The van der Waals surface area contributed by atoms with Crippen molar-refractivity contribution in [2.75, 3.05) is 28.6 Å². The van der Waals surface area contributed by atoms with Crippen molar-refractivity contribution >= 4 is 62.8 Å². The maximum absolute atomic E-state index is 13.0. The van der Waals surface area contributed by atoms with E-state index in [2.05, 4.69) is 32.3 Å². The lowest BCUT2D eigenvalue weighted by Crippen LogP contribution is -2.45. The smallest absolute Gasteiger partial charge is 0.244 e. The van der Waals surface area contributed by atoms with E-state index < -0.39 is 0 Å². The number of para-hydroxylation sites is 2. The molecule has 0 saturated heterocycles. The molecule has 1 atom stereocenters. The molecule has 0 saturated carbocycles. The average molecular weight is 446 g/mol. The molecule has 1 aliphatic heterocycles. The third-order valence-corrected chi connectivity index (χ3v) is 7.29. The van der Waals surface area contributed by atoms with Gasteiger partial charge in [-0.15, -0.1) is 21.5 Å². The highest BCUT2D eigenvalue weighted by atomic mass is 32.2. The van der Waals surface area contributed by atoms with E-state index in [0.717, 1.165) is 28.1 Å². The molecular formula is C19H19N5O2S3. The Labute approximate surface area is 180 Å². The number of benzene rings is 1. The van der Waals surface area contributed by atoms with Gasteiger partial charge in [0.05, 0.1) is 16.6 Å². The molecule has 7 nitrogen and oxygen atoms in total. The van der Waals surface area contributed by atoms with Crippen molar-refractivity contribution < 1.29 is 9.59 Å². The number of thioether (sulfide) groups is 1. The van der Waals surface area contributed by atoms with E-state index in [-0.39, 0.29) is 23.6 Å². The van der Waals surface area contributed by atoms with Crippen LogP contribution in [-0.4, -0.2) is 40.4 Å². The normalized spacial score (nSPS) is 14.2. The number of hydrogen-bond acceptors (Lipinski definition) is 8. The predicted molar refractivity (Wildman–Crippen MR) is 119 cm³/mol. The number of aromatic nitrogens is 2. The summed E-state index contributed by atoms with van der Waals surface area (Å²) in [5, 5.41) is 16.8. The number of rotatable bonds is 7. The number of carbonyl (C=O) groups is 2. The van der Waals surface area contributed by atoms with E-state index in [9.17, 15) is 9.59 Å². The minimum atomic E-state index is -0.388. The summed E-state index contributed by atoms with van der Waals surface area (Å²) in [6.45, 7) is 2.63. The van der Waals surface area contributed by atoms with Crippen LogP contribution in [0, 0.1) is 0 Å². The molecule has 1 aliphatic rings. The van der Waals surface area contributed by atoms with Gasteiger partial charge in [-0.25, -0.2) is 0 Å². The maximum atomic E-state index is 13.0. The van der Waals surface area contributed by atoms with E-state index in [0.29, 0.717) is 5.69 Å². The Bertz CT molecular complexity index is 1000. The molecule has 3 heterocycles. The van der Waals surface area contributed by atoms with Crippen molar-refractivity contribution in [3.05, 3.63) is 46.7 Å². The number of nitrogens with zero attached hydrogens (tertiary/aromatic N) is 3. The van der Waals surface area contributed by atoms with E-state index >= 15 is 0 Å². The highest BCUT2D eigenvalue weighted by Gasteiger charge is 2.30. The molecule has 2 amide bonds. The van der Waals surface area contributed by atoms with Gasteiger partial charge in [0.1, 0.15) is 6.54 Å². The summed E-state index contributed by atoms with van der Waals surface area (Å²) in [5.74, 6) is -0.318. The zero-order valence-corrected chi connectivity index (χ0v) is 18.1. The van der Waals surface area contributed by atoms with Gasteiger partial charge >= 0.3 is 0 Å². The van der Waals surface area contributed by atoms with Gasteiger partial charge in [-0.1, -0.05) is 41.3 Å². The van der Waals surface area contributed by atoms with E-state index in [4.69, 9.17) is 0 Å². The lowest BCUT2D eigenvalue weighted by molar-refractivity contribution is -0.121. The number of amides is 2. The van der Waals surface area contributed by atoms with Gasteiger partial charge in [0.15, 0.2) is 4.34 Å². The van der Waals surface area contributed by atoms with Crippen molar-refractivity contribution in [1.82, 2.24) is 10.2 Å². The van der Waals surface area contributed by atoms with Crippen LogP contribution < -0.4 is 15.5 Å². The van der Waals surface area contributed by atoms with Crippen molar-refractivity contribution in [3.63, 3.8) is 0 Å². The summed E-state index contributed by atoms with van der Waals surface area (Å²) >= 11 is 4.53. The summed E-state index contributed by atoms with van der Waals surface area (Å²) in [7, 11) is 0. The maximum Gasteiger partial charge on any atom is 0.244 e. The highest BCUT2D eigenvalue weighted by Crippen LogP contribution is 2.33. The summed E-state index contributed by atoms with van der Waals surface area (Å²) in [6.07, 6.45) is 0.936. The molecule has 1 aromatic carbocycles. The van der Waals surface area contributed by atoms with Gasteiger partial charge in [0.25, 0.3) is 0 Å². The fourth-order valence-electron chi connectivity index (χ4n) is 2.93. The third kappa shape index (κ3) is 4.77. The molecule has 2 aromatic heterocycles. The first-order valence-electron chi connectivity index (χ1n) is 9.07. The number of thiophene rings is 1. The van der Waals surface area contributed by atoms with Gasteiger partial charge in [0.2, 0.25) is 16.9 Å². The highest BCUT2D eigenvalue weighted by molar-refractivity contribution is 8.02. The molecule has 4 rings (SSSR count). The minimum Gasteiger partial charge on any atom is -0.360 e. The summed E-state index contributed by atoms with van der Waals surface area (Å²) in [5.41, 5.74) is 1.38. The van der Waals surface area contributed by atoms with Gasteiger partial charge in [0, 0.05) is 11.4 Å². The summed E-state index contributed by atoms with van der Waals surface area (Å²) in [6, 6.07) is 11.5. The Morgan fingerprint density at radius 3 is 3.00 bits per heavy atom. The van der Waals surface area contributed by atoms with Crippen molar-refractivity contribution in [1.29, 1.82) is 0 Å². The van der Waals surface area contributed by atoms with Crippen molar-refractivity contribution in [3.8, 4) is 0 Å². The molecule has 3 aromatic rings. The number of nitrogens with one attached hydrogen (secondary N) is 2. The number of carbonyl (C=O) groups excluding carboxylic acids is 2. The first-order valence-corrected chi connectivity index (χ1v) is 11.6. The van der Waals surface area contributed by atoms with Crippen LogP contribution >= 0.6 is 34.4 Å². The molecule has 1 unspecified atom stereocenters. The molecule has 0 bridgehead atoms. The van der Waals surface area contributed by atoms with Gasteiger partial charge < -0.3 is 10.6 Å². The van der Waals surface area contributed by atoms with E-state index in [1.165, 1.54) is 32.9 Å². The Hall–Kier alpha value is -2.43. The first-order chi connectivity index (χ1) is 14.1. The Kier molecular flexibility index (Phi) is 6.12. The van der Waals surface area contributed by atoms with E-state index in [1.807, 2.05) is 31.2 Å². The molecule has 0 aliphatic carbocycles. The largest absolute Gasteiger partial charge is 0.360 e.